The van der Waals surface area contributed by atoms with Gasteiger partial charge < -0.3 is 20.1 Å². The zero-order valence-electron chi connectivity index (χ0n) is 20.6. The molecule has 9 nitrogen and oxygen atoms in total. The summed E-state index contributed by atoms with van der Waals surface area (Å²) < 4.78 is 5.15. The molecule has 2 saturated heterocycles. The number of rotatable bonds is 9. The van der Waals surface area contributed by atoms with E-state index in [0.29, 0.717) is 35.8 Å². The number of ether oxygens (including phenoxy) is 1. The first-order valence-electron chi connectivity index (χ1n) is 12.3. The maximum Gasteiger partial charge on any atom is 0.352 e. The second-order valence-corrected chi connectivity index (χ2v) is 12.1. The highest BCUT2D eigenvalue weighted by molar-refractivity contribution is 8.00. The van der Waals surface area contributed by atoms with Crippen molar-refractivity contribution in [1.82, 2.24) is 15.1 Å². The molecule has 3 amide bonds. The number of allylic oxidation sites excluding steroid dienone is 1. The average Bonchev–Trinajstić information content (AvgIpc) is 3.65. The van der Waals surface area contributed by atoms with Crippen LogP contribution in [0.15, 0.2) is 52.1 Å². The number of nitrogens with zero attached hydrogens (tertiary/aromatic N) is 2. The van der Waals surface area contributed by atoms with Gasteiger partial charge in [-0.3, -0.25) is 19.3 Å². The highest BCUT2D eigenvalue weighted by Crippen LogP contribution is 2.42. The molecule has 4 aliphatic rings. The number of β-lactam (4-membered cyclic amide) rings is 1. The Kier molecular flexibility index (Phi) is 7.26. The standard InChI is InChI=1S/C26H29N3O6S2/c1-14(37-19-7-5-18(35-2)6-8-19)22(30)27-20-24(32)29-21(26(33)34)17(13-36-25(20)29)11-16-9-10-28(23(16)31)12-15-3-4-15/h5-8,11,14-15,20,25H,3-4,9-10,12-13H2,1-2H3,(H,27,30)(H,33,34)/b16-11+. The largest absolute Gasteiger partial charge is 0.497 e. The van der Waals surface area contributed by atoms with Gasteiger partial charge in [-0.15, -0.1) is 23.5 Å². The second kappa shape index (κ2) is 10.4. The van der Waals surface area contributed by atoms with Crippen LogP contribution in [0, 0.1) is 5.92 Å². The minimum absolute atomic E-state index is 0.0420. The Bertz CT molecular complexity index is 1190. The molecule has 3 atom stereocenters. The fraction of sp³-hybridized carbons (Fsp3) is 0.462. The molecule has 2 N–H and O–H groups in total. The van der Waals surface area contributed by atoms with Crippen LogP contribution in [-0.2, 0) is 19.2 Å². The van der Waals surface area contributed by atoms with Gasteiger partial charge in [-0.1, -0.05) is 0 Å². The summed E-state index contributed by atoms with van der Waals surface area (Å²) >= 11 is 2.76. The molecule has 1 aromatic rings. The van der Waals surface area contributed by atoms with Crippen LogP contribution in [0.4, 0.5) is 0 Å². The van der Waals surface area contributed by atoms with Gasteiger partial charge in [0.25, 0.3) is 5.91 Å². The van der Waals surface area contributed by atoms with Crippen LogP contribution in [0.2, 0.25) is 0 Å². The number of aliphatic carboxylic acids is 1. The van der Waals surface area contributed by atoms with Crippen molar-refractivity contribution >= 4 is 47.2 Å². The monoisotopic (exact) mass is 543 g/mol. The van der Waals surface area contributed by atoms with Gasteiger partial charge in [0.1, 0.15) is 22.9 Å². The lowest BCUT2D eigenvalue weighted by Crippen LogP contribution is -2.71. The number of fused-ring (bicyclic) bond motifs is 1. The van der Waals surface area contributed by atoms with Crippen LogP contribution >= 0.6 is 23.5 Å². The van der Waals surface area contributed by atoms with Gasteiger partial charge in [-0.2, -0.15) is 0 Å². The number of likely N-dealkylation sites (tertiary alicyclic amines) is 1. The summed E-state index contributed by atoms with van der Waals surface area (Å²) in [6.07, 6.45) is 4.55. The van der Waals surface area contributed by atoms with E-state index in [2.05, 4.69) is 5.32 Å². The van der Waals surface area contributed by atoms with Crippen molar-refractivity contribution in [3.63, 3.8) is 0 Å². The van der Waals surface area contributed by atoms with Crippen LogP contribution in [0.25, 0.3) is 0 Å². The zero-order valence-corrected chi connectivity index (χ0v) is 22.3. The normalized spacial score (nSPS) is 25.2. The number of thioether (sulfide) groups is 2. The molecule has 3 fully saturated rings. The quantitative estimate of drug-likeness (QED) is 0.277. The smallest absolute Gasteiger partial charge is 0.352 e. The molecule has 0 radical (unpaired) electrons. The van der Waals surface area contributed by atoms with Crippen LogP contribution in [0.5, 0.6) is 5.75 Å². The first-order chi connectivity index (χ1) is 17.8. The number of hydrogen-bond donors (Lipinski definition) is 2. The van der Waals surface area contributed by atoms with Crippen LogP contribution in [-0.4, -0.2) is 81.2 Å². The number of carbonyl (C=O) groups is 4. The van der Waals surface area contributed by atoms with Crippen LogP contribution < -0.4 is 10.1 Å². The van der Waals surface area contributed by atoms with E-state index in [1.807, 2.05) is 29.2 Å². The molecule has 0 bridgehead atoms. The molecule has 37 heavy (non-hydrogen) atoms. The molecule has 1 aromatic carbocycles. The van der Waals surface area contributed by atoms with Gasteiger partial charge in [0, 0.05) is 29.3 Å². The summed E-state index contributed by atoms with van der Waals surface area (Å²) in [6.45, 7) is 3.17. The molecular weight excluding hydrogens is 514 g/mol. The third-order valence-corrected chi connectivity index (χ3v) is 9.39. The highest BCUT2D eigenvalue weighted by atomic mass is 32.2. The maximum atomic E-state index is 13.0. The number of methoxy groups -OCH3 is 1. The van der Waals surface area contributed by atoms with Gasteiger partial charge >= 0.3 is 5.97 Å². The average molecular weight is 544 g/mol. The number of carboxylic acid groups (broad SMARTS) is 1. The second-order valence-electron chi connectivity index (χ2n) is 9.62. The van der Waals surface area contributed by atoms with Crippen molar-refractivity contribution < 1.29 is 29.0 Å². The lowest BCUT2D eigenvalue weighted by molar-refractivity contribution is -0.150. The summed E-state index contributed by atoms with van der Waals surface area (Å²) in [5, 5.41) is 11.8. The summed E-state index contributed by atoms with van der Waals surface area (Å²) in [7, 11) is 1.59. The van der Waals surface area contributed by atoms with Gasteiger partial charge in [-0.25, -0.2) is 4.79 Å². The minimum atomic E-state index is -1.21. The Balaban J connectivity index is 1.25. The van der Waals surface area contributed by atoms with E-state index in [0.717, 1.165) is 30.0 Å². The predicted molar refractivity (Wildman–Crippen MR) is 140 cm³/mol. The molecule has 0 spiro atoms. The summed E-state index contributed by atoms with van der Waals surface area (Å²) in [5.41, 5.74) is 0.962. The zero-order chi connectivity index (χ0) is 26.3. The van der Waals surface area contributed by atoms with Crippen molar-refractivity contribution in [3.8, 4) is 5.75 Å². The first kappa shape index (κ1) is 25.7. The minimum Gasteiger partial charge on any atom is -0.497 e. The fourth-order valence-corrected chi connectivity index (χ4v) is 6.92. The Labute approximate surface area is 223 Å². The van der Waals surface area contributed by atoms with Gasteiger partial charge in [0.05, 0.1) is 12.4 Å². The van der Waals surface area contributed by atoms with Gasteiger partial charge in [0.15, 0.2) is 0 Å². The Morgan fingerprint density at radius 1 is 1.27 bits per heavy atom. The molecule has 5 rings (SSSR count). The van der Waals surface area contributed by atoms with Crippen molar-refractivity contribution in [1.29, 1.82) is 0 Å². The van der Waals surface area contributed by atoms with Crippen molar-refractivity contribution in [3.05, 3.63) is 47.2 Å². The van der Waals surface area contributed by atoms with Crippen molar-refractivity contribution in [2.75, 3.05) is 26.0 Å². The SMILES string of the molecule is COc1ccc(SC(C)C(=O)NC2C(=O)N3C(C(=O)O)=C(/C=C4\CCN(CC5CC5)C4=O)CSC23)cc1. The number of hydrogen-bond acceptors (Lipinski definition) is 7. The third kappa shape index (κ3) is 5.24. The van der Waals surface area contributed by atoms with Crippen molar-refractivity contribution in [2.24, 2.45) is 5.92 Å². The van der Waals surface area contributed by atoms with Crippen LogP contribution in [0.1, 0.15) is 26.2 Å². The molecule has 1 aliphatic carbocycles. The molecule has 11 heteroatoms. The van der Waals surface area contributed by atoms with Crippen molar-refractivity contribution in [2.45, 2.75) is 47.7 Å². The molecule has 1 saturated carbocycles. The number of carboxylic acids is 1. The van der Waals surface area contributed by atoms with Gasteiger partial charge in [-0.05, 0) is 68.0 Å². The molecule has 3 unspecified atom stereocenters. The Morgan fingerprint density at radius 2 is 2.00 bits per heavy atom. The van der Waals surface area contributed by atoms with E-state index < -0.39 is 28.5 Å². The lowest BCUT2D eigenvalue weighted by Gasteiger charge is -2.49. The number of nitrogens with one attached hydrogen (secondary N) is 1. The Morgan fingerprint density at radius 3 is 2.65 bits per heavy atom. The summed E-state index contributed by atoms with van der Waals surface area (Å²) in [4.78, 5) is 54.8. The molecule has 196 valence electrons. The van der Waals surface area contributed by atoms with E-state index >= 15 is 0 Å². The molecular formula is C26H29N3O6S2. The van der Waals surface area contributed by atoms with E-state index in [9.17, 15) is 24.3 Å². The number of benzene rings is 1. The molecule has 3 aliphatic heterocycles. The molecule has 0 aromatic heterocycles. The van der Waals surface area contributed by atoms with E-state index in [1.54, 1.807) is 20.1 Å². The topological polar surface area (TPSA) is 116 Å². The summed E-state index contributed by atoms with van der Waals surface area (Å²) in [5.74, 6) is -0.335. The Hall–Kier alpha value is -2.92. The highest BCUT2D eigenvalue weighted by Gasteiger charge is 2.54. The fourth-order valence-electron chi connectivity index (χ4n) is 4.73. The van der Waals surface area contributed by atoms with Crippen LogP contribution in [0.3, 0.4) is 0 Å². The van der Waals surface area contributed by atoms with E-state index in [4.69, 9.17) is 4.74 Å². The molecule has 3 heterocycles. The summed E-state index contributed by atoms with van der Waals surface area (Å²) in [6, 6.07) is 6.56. The van der Waals surface area contributed by atoms with E-state index in [1.165, 1.54) is 28.4 Å². The third-order valence-electron chi connectivity index (χ3n) is 6.98. The number of amides is 3. The maximum absolute atomic E-state index is 13.0. The first-order valence-corrected chi connectivity index (χ1v) is 14.2. The predicted octanol–water partition coefficient (Wildman–Crippen LogP) is 2.48. The van der Waals surface area contributed by atoms with Gasteiger partial charge in [0.2, 0.25) is 11.8 Å². The lowest BCUT2D eigenvalue weighted by atomic mass is 10.0. The number of carbonyl (C=O) groups excluding carboxylic acids is 3. The van der Waals surface area contributed by atoms with E-state index in [-0.39, 0.29) is 17.5 Å².